The molecule has 0 aliphatic carbocycles. The highest BCUT2D eigenvalue weighted by Crippen LogP contribution is 2.06. The second-order valence-corrected chi connectivity index (χ2v) is 2.60. The van der Waals surface area contributed by atoms with Crippen LogP contribution in [0.15, 0.2) is 24.5 Å². The van der Waals surface area contributed by atoms with Gasteiger partial charge in [-0.3, -0.25) is 4.98 Å². The van der Waals surface area contributed by atoms with E-state index < -0.39 is 0 Å². The zero-order chi connectivity index (χ0) is 8.10. The average Bonchev–Trinajstić information content (AvgIpc) is 2.03. The Morgan fingerprint density at radius 1 is 1.64 bits per heavy atom. The number of allylic oxidation sites excluding steroid dienone is 1. The molecule has 0 radical (unpaired) electrons. The SMILES string of the molecule is Fc1cnccc1C=CCBr. The molecule has 1 nitrogen and oxygen atoms in total. The maximum atomic E-state index is 12.8. The van der Waals surface area contributed by atoms with E-state index in [9.17, 15) is 4.39 Å². The van der Waals surface area contributed by atoms with E-state index in [1.165, 1.54) is 6.20 Å². The second-order valence-electron chi connectivity index (χ2n) is 1.95. The summed E-state index contributed by atoms with van der Waals surface area (Å²) in [6.45, 7) is 0. The smallest absolute Gasteiger partial charge is 0.148 e. The topological polar surface area (TPSA) is 12.9 Å². The summed E-state index contributed by atoms with van der Waals surface area (Å²) in [6.07, 6.45) is 6.31. The molecule has 0 bridgehead atoms. The summed E-state index contributed by atoms with van der Waals surface area (Å²) in [5.41, 5.74) is 0.569. The van der Waals surface area contributed by atoms with Crippen molar-refractivity contribution in [3.8, 4) is 0 Å². The normalized spacial score (nSPS) is 10.7. The molecule has 1 heterocycles. The van der Waals surface area contributed by atoms with E-state index in [-0.39, 0.29) is 5.82 Å². The molecule has 0 saturated carbocycles. The van der Waals surface area contributed by atoms with Crippen molar-refractivity contribution in [1.82, 2.24) is 4.98 Å². The van der Waals surface area contributed by atoms with Gasteiger partial charge in [0.25, 0.3) is 0 Å². The van der Waals surface area contributed by atoms with Crippen LogP contribution in [-0.2, 0) is 0 Å². The van der Waals surface area contributed by atoms with Crippen LogP contribution in [0.25, 0.3) is 6.08 Å². The van der Waals surface area contributed by atoms with Crippen LogP contribution >= 0.6 is 15.9 Å². The molecule has 0 aromatic carbocycles. The summed E-state index contributed by atoms with van der Waals surface area (Å²) in [6, 6.07) is 1.63. The van der Waals surface area contributed by atoms with Crippen LogP contribution in [-0.4, -0.2) is 10.3 Å². The molecule has 0 aliphatic heterocycles. The predicted octanol–water partition coefficient (Wildman–Crippen LogP) is 2.63. The zero-order valence-corrected chi connectivity index (χ0v) is 7.38. The van der Waals surface area contributed by atoms with Crippen LogP contribution < -0.4 is 0 Å². The standard InChI is InChI=1S/C8H7BrFN/c9-4-1-2-7-3-5-11-6-8(7)10/h1-3,5-6H,4H2. The van der Waals surface area contributed by atoms with Crippen molar-refractivity contribution in [2.75, 3.05) is 5.33 Å². The molecule has 1 aromatic rings. The average molecular weight is 216 g/mol. The molecule has 1 aromatic heterocycles. The van der Waals surface area contributed by atoms with Gasteiger partial charge in [0, 0.05) is 17.1 Å². The molecule has 0 spiro atoms. The predicted molar refractivity (Wildman–Crippen MR) is 47.0 cm³/mol. The Hall–Kier alpha value is -0.700. The zero-order valence-electron chi connectivity index (χ0n) is 5.80. The first-order valence-corrected chi connectivity index (χ1v) is 4.29. The van der Waals surface area contributed by atoms with E-state index >= 15 is 0 Å². The van der Waals surface area contributed by atoms with Crippen molar-refractivity contribution in [1.29, 1.82) is 0 Å². The Kier molecular flexibility index (Phi) is 3.23. The molecular formula is C8H7BrFN. The van der Waals surface area contributed by atoms with Gasteiger partial charge in [-0.25, -0.2) is 4.39 Å². The van der Waals surface area contributed by atoms with Gasteiger partial charge in [0.1, 0.15) is 5.82 Å². The van der Waals surface area contributed by atoms with E-state index in [1.54, 1.807) is 18.3 Å². The molecular weight excluding hydrogens is 209 g/mol. The van der Waals surface area contributed by atoms with Gasteiger partial charge in [-0.15, -0.1) is 0 Å². The van der Waals surface area contributed by atoms with Gasteiger partial charge in [-0.2, -0.15) is 0 Å². The summed E-state index contributed by atoms with van der Waals surface area (Å²) in [7, 11) is 0. The summed E-state index contributed by atoms with van der Waals surface area (Å²) in [4.78, 5) is 3.63. The van der Waals surface area contributed by atoms with Gasteiger partial charge in [0.2, 0.25) is 0 Å². The van der Waals surface area contributed by atoms with E-state index in [1.807, 2.05) is 6.08 Å². The molecule has 0 unspecified atom stereocenters. The van der Waals surface area contributed by atoms with Crippen LogP contribution in [0.5, 0.6) is 0 Å². The highest BCUT2D eigenvalue weighted by atomic mass is 79.9. The van der Waals surface area contributed by atoms with Crippen LogP contribution in [0.2, 0.25) is 0 Å². The van der Waals surface area contributed by atoms with E-state index in [4.69, 9.17) is 0 Å². The molecule has 1 rings (SSSR count). The highest BCUT2D eigenvalue weighted by molar-refractivity contribution is 9.09. The monoisotopic (exact) mass is 215 g/mol. The third-order valence-corrected chi connectivity index (χ3v) is 1.56. The fourth-order valence-electron chi connectivity index (χ4n) is 0.693. The molecule has 0 aliphatic rings. The summed E-state index contributed by atoms with van der Waals surface area (Å²) in [5, 5.41) is 0.731. The molecule has 0 atom stereocenters. The van der Waals surface area contributed by atoms with Gasteiger partial charge in [-0.05, 0) is 6.07 Å². The fraction of sp³-hybridized carbons (Fsp3) is 0.125. The number of alkyl halides is 1. The molecule has 11 heavy (non-hydrogen) atoms. The maximum Gasteiger partial charge on any atom is 0.148 e. The number of rotatable bonds is 2. The number of hydrogen-bond donors (Lipinski definition) is 0. The van der Waals surface area contributed by atoms with Crippen LogP contribution in [0.4, 0.5) is 4.39 Å². The Morgan fingerprint density at radius 3 is 3.09 bits per heavy atom. The lowest BCUT2D eigenvalue weighted by Gasteiger charge is -1.92. The van der Waals surface area contributed by atoms with Gasteiger partial charge in [-0.1, -0.05) is 28.1 Å². The van der Waals surface area contributed by atoms with Crippen LogP contribution in [0.3, 0.4) is 0 Å². The molecule has 0 N–H and O–H groups in total. The summed E-state index contributed by atoms with van der Waals surface area (Å²) >= 11 is 3.21. The van der Waals surface area contributed by atoms with Gasteiger partial charge in [0.15, 0.2) is 0 Å². The van der Waals surface area contributed by atoms with Crippen molar-refractivity contribution < 1.29 is 4.39 Å². The van der Waals surface area contributed by atoms with Crippen molar-refractivity contribution in [2.24, 2.45) is 0 Å². The van der Waals surface area contributed by atoms with Gasteiger partial charge < -0.3 is 0 Å². The van der Waals surface area contributed by atoms with Crippen LogP contribution in [0, 0.1) is 5.82 Å². The highest BCUT2D eigenvalue weighted by Gasteiger charge is 1.94. The molecule has 0 amide bonds. The number of nitrogens with zero attached hydrogens (tertiary/aromatic N) is 1. The Balaban J connectivity index is 2.86. The lowest BCUT2D eigenvalue weighted by atomic mass is 10.2. The Bertz CT molecular complexity index is 260. The third-order valence-electron chi connectivity index (χ3n) is 1.19. The van der Waals surface area contributed by atoms with Crippen molar-refractivity contribution in [3.05, 3.63) is 35.9 Å². The minimum absolute atomic E-state index is 0.287. The Morgan fingerprint density at radius 2 is 2.45 bits per heavy atom. The van der Waals surface area contributed by atoms with E-state index in [0.717, 1.165) is 5.33 Å². The van der Waals surface area contributed by atoms with E-state index in [2.05, 4.69) is 20.9 Å². The summed E-state index contributed by atoms with van der Waals surface area (Å²) < 4.78 is 12.8. The van der Waals surface area contributed by atoms with Gasteiger partial charge >= 0.3 is 0 Å². The Labute approximate surface area is 73.1 Å². The molecule has 3 heteroatoms. The first kappa shape index (κ1) is 8.40. The van der Waals surface area contributed by atoms with Crippen LogP contribution in [0.1, 0.15) is 5.56 Å². The molecule has 0 saturated heterocycles. The quantitative estimate of drug-likeness (QED) is 0.692. The lowest BCUT2D eigenvalue weighted by Crippen LogP contribution is -1.82. The summed E-state index contributed by atoms with van der Waals surface area (Å²) in [5.74, 6) is -0.287. The number of pyridine rings is 1. The lowest BCUT2D eigenvalue weighted by molar-refractivity contribution is 0.618. The third kappa shape index (κ3) is 2.42. The van der Waals surface area contributed by atoms with Crippen molar-refractivity contribution >= 4 is 22.0 Å². The molecule has 58 valence electrons. The fourth-order valence-corrected chi connectivity index (χ4v) is 0.880. The van der Waals surface area contributed by atoms with Crippen molar-refractivity contribution in [2.45, 2.75) is 0 Å². The first-order chi connectivity index (χ1) is 5.34. The van der Waals surface area contributed by atoms with Gasteiger partial charge in [0.05, 0.1) is 6.20 Å². The maximum absolute atomic E-state index is 12.8. The first-order valence-electron chi connectivity index (χ1n) is 3.16. The second kappa shape index (κ2) is 4.23. The number of halogens is 2. The van der Waals surface area contributed by atoms with Crippen molar-refractivity contribution in [3.63, 3.8) is 0 Å². The molecule has 0 fully saturated rings. The van der Waals surface area contributed by atoms with E-state index in [0.29, 0.717) is 5.56 Å². The minimum Gasteiger partial charge on any atom is -0.262 e. The largest absolute Gasteiger partial charge is 0.262 e. The number of hydrogen-bond acceptors (Lipinski definition) is 1. The minimum atomic E-state index is -0.287. The number of aromatic nitrogens is 1.